The topological polar surface area (TPSA) is 100.0 Å². The van der Waals surface area contributed by atoms with Crippen LogP contribution in [0.3, 0.4) is 0 Å². The fourth-order valence-corrected chi connectivity index (χ4v) is 4.10. The first-order valence-electron chi connectivity index (χ1n) is 10.9. The minimum Gasteiger partial charge on any atom is -0.494 e. The Bertz CT molecular complexity index is 1360. The number of hydrogen-bond acceptors (Lipinski definition) is 7. The van der Waals surface area contributed by atoms with Gasteiger partial charge >= 0.3 is 0 Å². The zero-order chi connectivity index (χ0) is 24.0. The molecule has 3 N–H and O–H groups in total. The van der Waals surface area contributed by atoms with E-state index in [1.54, 1.807) is 24.4 Å². The van der Waals surface area contributed by atoms with Crippen LogP contribution in [0.1, 0.15) is 12.5 Å². The average Bonchev–Trinajstić information content (AvgIpc) is 2.84. The molecular weight excluding hydrogens is 446 g/mol. The lowest BCUT2D eigenvalue weighted by molar-refractivity contribution is 0.340. The first-order valence-corrected chi connectivity index (χ1v) is 12.9. The second kappa shape index (κ2) is 10.4. The van der Waals surface area contributed by atoms with E-state index in [1.807, 2.05) is 55.5 Å². The zero-order valence-corrected chi connectivity index (χ0v) is 19.9. The first-order chi connectivity index (χ1) is 16.4. The van der Waals surface area contributed by atoms with Crippen LogP contribution in [-0.4, -0.2) is 27.0 Å². The van der Waals surface area contributed by atoms with Gasteiger partial charge in [0.1, 0.15) is 11.6 Å². The monoisotopic (exact) mass is 473 g/mol. The standard InChI is InChI=1S/C26H27N5O2S/c1-3-33-22-14-12-20(13-15-22)24-18-29-26(30-21-10-7-11-23(16-21)34(2,27)32)31-25(24)28-17-19-8-5-4-6-9-19/h4-16,18,27H,3,17H2,1-2H3,(H2,28,29,30,31). The van der Waals surface area contributed by atoms with E-state index in [-0.39, 0.29) is 0 Å². The van der Waals surface area contributed by atoms with Crippen molar-refractivity contribution in [1.29, 1.82) is 4.78 Å². The molecule has 0 fully saturated rings. The molecule has 0 radical (unpaired) electrons. The minimum absolute atomic E-state index is 0.398. The number of hydrogen-bond donors (Lipinski definition) is 3. The SMILES string of the molecule is CCOc1ccc(-c2cnc(Nc3cccc(S(C)(=N)=O)c3)nc2NCc2ccccc2)cc1. The molecule has 174 valence electrons. The third-order valence-corrected chi connectivity index (χ3v) is 6.26. The number of nitrogens with zero attached hydrogens (tertiary/aromatic N) is 2. The predicted molar refractivity (Wildman–Crippen MR) is 137 cm³/mol. The van der Waals surface area contributed by atoms with Crippen molar-refractivity contribution in [2.24, 2.45) is 0 Å². The van der Waals surface area contributed by atoms with Gasteiger partial charge in [-0.15, -0.1) is 0 Å². The number of rotatable bonds is 9. The third-order valence-electron chi connectivity index (χ3n) is 5.11. The summed E-state index contributed by atoms with van der Waals surface area (Å²) in [6.45, 7) is 3.17. The van der Waals surface area contributed by atoms with Gasteiger partial charge in [0.05, 0.1) is 16.3 Å². The molecule has 1 atom stereocenters. The molecule has 0 spiro atoms. The molecule has 8 heteroatoms. The van der Waals surface area contributed by atoms with Crippen LogP contribution in [0.15, 0.2) is 90.0 Å². The lowest BCUT2D eigenvalue weighted by Crippen LogP contribution is -2.06. The summed E-state index contributed by atoms with van der Waals surface area (Å²) in [4.78, 5) is 9.68. The largest absolute Gasteiger partial charge is 0.494 e. The molecule has 1 unspecified atom stereocenters. The number of benzene rings is 3. The van der Waals surface area contributed by atoms with E-state index in [0.717, 1.165) is 22.4 Å². The Balaban J connectivity index is 1.65. The summed E-state index contributed by atoms with van der Waals surface area (Å²) in [5, 5.41) is 6.60. The van der Waals surface area contributed by atoms with E-state index in [4.69, 9.17) is 14.5 Å². The smallest absolute Gasteiger partial charge is 0.229 e. The molecule has 34 heavy (non-hydrogen) atoms. The summed E-state index contributed by atoms with van der Waals surface area (Å²) < 4.78 is 25.5. The second-order valence-corrected chi connectivity index (χ2v) is 9.91. The van der Waals surface area contributed by atoms with E-state index in [0.29, 0.717) is 35.5 Å². The van der Waals surface area contributed by atoms with Crippen molar-refractivity contribution < 1.29 is 8.95 Å². The van der Waals surface area contributed by atoms with E-state index in [1.165, 1.54) is 6.26 Å². The van der Waals surface area contributed by atoms with Crippen molar-refractivity contribution in [2.45, 2.75) is 18.4 Å². The summed E-state index contributed by atoms with van der Waals surface area (Å²) in [7, 11) is -2.82. The molecule has 0 aliphatic carbocycles. The van der Waals surface area contributed by atoms with Gasteiger partial charge in [-0.05, 0) is 48.4 Å². The van der Waals surface area contributed by atoms with E-state index >= 15 is 0 Å². The zero-order valence-electron chi connectivity index (χ0n) is 19.1. The lowest BCUT2D eigenvalue weighted by Gasteiger charge is -2.14. The highest BCUT2D eigenvalue weighted by Crippen LogP contribution is 2.29. The highest BCUT2D eigenvalue weighted by molar-refractivity contribution is 7.91. The number of ether oxygens (including phenoxy) is 1. The van der Waals surface area contributed by atoms with Crippen molar-refractivity contribution in [3.8, 4) is 16.9 Å². The van der Waals surface area contributed by atoms with Crippen LogP contribution < -0.4 is 15.4 Å². The summed E-state index contributed by atoms with van der Waals surface area (Å²) in [6, 6.07) is 24.9. The quantitative estimate of drug-likeness (QED) is 0.278. The fourth-order valence-electron chi connectivity index (χ4n) is 3.41. The maximum absolute atomic E-state index is 12.1. The van der Waals surface area contributed by atoms with Gasteiger partial charge in [-0.3, -0.25) is 0 Å². The first kappa shape index (κ1) is 23.3. The third kappa shape index (κ3) is 5.90. The van der Waals surface area contributed by atoms with E-state index in [9.17, 15) is 4.21 Å². The summed E-state index contributed by atoms with van der Waals surface area (Å²) in [6.07, 6.45) is 3.18. The highest BCUT2D eigenvalue weighted by Gasteiger charge is 2.11. The number of aromatic nitrogens is 2. The Hall–Kier alpha value is -3.91. The average molecular weight is 474 g/mol. The Kier molecular flexibility index (Phi) is 7.08. The van der Waals surface area contributed by atoms with Gasteiger partial charge in [-0.25, -0.2) is 14.0 Å². The molecular formula is C26H27N5O2S. The van der Waals surface area contributed by atoms with Crippen molar-refractivity contribution in [1.82, 2.24) is 9.97 Å². The number of anilines is 3. The maximum atomic E-state index is 12.1. The molecule has 0 saturated heterocycles. The molecule has 1 heterocycles. The Morgan fingerprint density at radius 1 is 1.00 bits per heavy atom. The predicted octanol–water partition coefficient (Wildman–Crippen LogP) is 5.93. The van der Waals surface area contributed by atoms with Crippen LogP contribution in [0.4, 0.5) is 17.5 Å². The van der Waals surface area contributed by atoms with Gasteiger partial charge in [0, 0.05) is 35.1 Å². The van der Waals surface area contributed by atoms with Crippen LogP contribution in [0.2, 0.25) is 0 Å². The summed E-state index contributed by atoms with van der Waals surface area (Å²) in [5.41, 5.74) is 3.63. The van der Waals surface area contributed by atoms with Crippen LogP contribution in [0, 0.1) is 4.78 Å². The lowest BCUT2D eigenvalue weighted by atomic mass is 10.1. The van der Waals surface area contributed by atoms with Crippen molar-refractivity contribution in [3.63, 3.8) is 0 Å². The van der Waals surface area contributed by atoms with Crippen LogP contribution >= 0.6 is 0 Å². The Morgan fingerprint density at radius 2 is 1.76 bits per heavy atom. The second-order valence-electron chi connectivity index (χ2n) is 7.75. The molecule has 0 saturated carbocycles. The maximum Gasteiger partial charge on any atom is 0.229 e. The summed E-state index contributed by atoms with van der Waals surface area (Å²) in [5.74, 6) is 1.89. The molecule has 1 aromatic heterocycles. The van der Waals surface area contributed by atoms with Crippen LogP contribution in [0.25, 0.3) is 11.1 Å². The van der Waals surface area contributed by atoms with Crippen LogP contribution in [-0.2, 0) is 16.3 Å². The molecule has 0 amide bonds. The van der Waals surface area contributed by atoms with Gasteiger partial charge in [0.2, 0.25) is 5.95 Å². The van der Waals surface area contributed by atoms with E-state index in [2.05, 4.69) is 27.8 Å². The fraction of sp³-hybridized carbons (Fsp3) is 0.154. The van der Waals surface area contributed by atoms with Crippen molar-refractivity contribution in [3.05, 3.63) is 90.6 Å². The molecule has 0 aliphatic rings. The van der Waals surface area contributed by atoms with Crippen molar-refractivity contribution >= 4 is 27.2 Å². The molecule has 3 aromatic carbocycles. The van der Waals surface area contributed by atoms with Gasteiger partial charge in [0.15, 0.2) is 0 Å². The van der Waals surface area contributed by atoms with Gasteiger partial charge in [-0.2, -0.15) is 4.98 Å². The van der Waals surface area contributed by atoms with Gasteiger partial charge in [-0.1, -0.05) is 48.5 Å². The highest BCUT2D eigenvalue weighted by atomic mass is 32.2. The van der Waals surface area contributed by atoms with E-state index < -0.39 is 9.73 Å². The van der Waals surface area contributed by atoms with Gasteiger partial charge < -0.3 is 15.4 Å². The normalized spacial score (nSPS) is 12.5. The molecule has 0 aliphatic heterocycles. The molecule has 0 bridgehead atoms. The van der Waals surface area contributed by atoms with Crippen molar-refractivity contribution in [2.75, 3.05) is 23.5 Å². The Labute approximate surface area is 200 Å². The molecule has 4 aromatic rings. The van der Waals surface area contributed by atoms with Gasteiger partial charge in [0.25, 0.3) is 0 Å². The molecule has 7 nitrogen and oxygen atoms in total. The van der Waals surface area contributed by atoms with Crippen LogP contribution in [0.5, 0.6) is 5.75 Å². The molecule has 4 rings (SSSR count). The summed E-state index contributed by atoms with van der Waals surface area (Å²) >= 11 is 0. The number of nitrogens with one attached hydrogen (secondary N) is 3. The Morgan fingerprint density at radius 3 is 2.47 bits per heavy atom. The minimum atomic E-state index is -2.82.